The Morgan fingerprint density at radius 3 is 2.69 bits per heavy atom. The van der Waals surface area contributed by atoms with E-state index in [1.807, 2.05) is 43.8 Å². The van der Waals surface area contributed by atoms with Crippen LogP contribution in [0.3, 0.4) is 0 Å². The Labute approximate surface area is 187 Å². The Hall–Kier alpha value is -3.74. The minimum absolute atomic E-state index is 0.121. The van der Waals surface area contributed by atoms with Crippen LogP contribution in [0.15, 0.2) is 54.9 Å². The number of amides is 1. The standard InChI is InChI=1S/C25H26N6O/c1-16-14-27-31(22-10-6-8-19-7-4-5-9-21(19)22)24(16)28-25(32)20-11-12-23(26-15-20)30-18(3)13-17(2)29-30/h4-5,7,9,11-15,22H,6,8,10H2,1-3H3,(H,28,32). The Bertz CT molecular complexity index is 1280. The summed E-state index contributed by atoms with van der Waals surface area (Å²) < 4.78 is 3.74. The predicted molar refractivity (Wildman–Crippen MR) is 123 cm³/mol. The van der Waals surface area contributed by atoms with Crippen molar-refractivity contribution in [2.75, 3.05) is 5.32 Å². The number of pyridine rings is 1. The van der Waals surface area contributed by atoms with E-state index in [0.29, 0.717) is 11.4 Å². The van der Waals surface area contributed by atoms with Gasteiger partial charge in [0, 0.05) is 17.5 Å². The summed E-state index contributed by atoms with van der Waals surface area (Å²) in [6.45, 7) is 5.90. The molecule has 7 heteroatoms. The number of carbonyl (C=O) groups is 1. The van der Waals surface area contributed by atoms with E-state index in [1.165, 1.54) is 11.1 Å². The average Bonchev–Trinajstić information content (AvgIpc) is 3.34. The molecule has 4 aromatic rings. The van der Waals surface area contributed by atoms with E-state index in [9.17, 15) is 4.79 Å². The first kappa shape index (κ1) is 20.2. The fourth-order valence-corrected chi connectivity index (χ4v) is 4.51. The molecule has 3 heterocycles. The third kappa shape index (κ3) is 3.60. The van der Waals surface area contributed by atoms with Gasteiger partial charge in [-0.05, 0) is 69.4 Å². The molecular formula is C25H26N6O. The van der Waals surface area contributed by atoms with E-state index < -0.39 is 0 Å². The highest BCUT2D eigenvalue weighted by molar-refractivity contribution is 6.04. The van der Waals surface area contributed by atoms with Crippen molar-refractivity contribution in [3.63, 3.8) is 0 Å². The van der Waals surface area contributed by atoms with E-state index >= 15 is 0 Å². The first-order valence-electron chi connectivity index (χ1n) is 10.9. The van der Waals surface area contributed by atoms with Gasteiger partial charge in [0.05, 0.1) is 23.5 Å². The van der Waals surface area contributed by atoms with Gasteiger partial charge in [0.2, 0.25) is 0 Å². The van der Waals surface area contributed by atoms with Gasteiger partial charge in [-0.15, -0.1) is 0 Å². The largest absolute Gasteiger partial charge is 0.306 e. The molecule has 1 amide bonds. The number of fused-ring (bicyclic) bond motifs is 1. The maximum absolute atomic E-state index is 13.0. The van der Waals surface area contributed by atoms with Gasteiger partial charge < -0.3 is 5.32 Å². The maximum Gasteiger partial charge on any atom is 0.258 e. The van der Waals surface area contributed by atoms with Crippen molar-refractivity contribution < 1.29 is 4.79 Å². The Kier molecular flexibility index (Phi) is 5.09. The number of aryl methyl sites for hydroxylation is 4. The molecule has 162 valence electrons. The van der Waals surface area contributed by atoms with Gasteiger partial charge in [-0.3, -0.25) is 4.79 Å². The molecule has 32 heavy (non-hydrogen) atoms. The normalized spacial score (nSPS) is 15.4. The number of rotatable bonds is 4. The number of benzene rings is 1. The quantitative estimate of drug-likeness (QED) is 0.519. The topological polar surface area (TPSA) is 77.6 Å². The molecule has 5 rings (SSSR count). The monoisotopic (exact) mass is 426 g/mol. The minimum Gasteiger partial charge on any atom is -0.306 e. The van der Waals surface area contributed by atoms with Gasteiger partial charge in [-0.25, -0.2) is 14.3 Å². The van der Waals surface area contributed by atoms with E-state index in [4.69, 9.17) is 0 Å². The van der Waals surface area contributed by atoms with E-state index in [-0.39, 0.29) is 11.9 Å². The summed E-state index contributed by atoms with van der Waals surface area (Å²) in [6, 6.07) is 14.2. The number of aromatic nitrogens is 5. The summed E-state index contributed by atoms with van der Waals surface area (Å²) in [5.74, 6) is 1.22. The van der Waals surface area contributed by atoms with Gasteiger partial charge in [0.15, 0.2) is 5.82 Å². The fourth-order valence-electron chi connectivity index (χ4n) is 4.51. The number of hydrogen-bond acceptors (Lipinski definition) is 4. The van der Waals surface area contributed by atoms with Crippen LogP contribution in [0.5, 0.6) is 0 Å². The minimum atomic E-state index is -0.202. The number of hydrogen-bond donors (Lipinski definition) is 1. The zero-order valence-electron chi connectivity index (χ0n) is 18.5. The molecule has 0 aliphatic heterocycles. The number of nitrogens with one attached hydrogen (secondary N) is 1. The second-order valence-electron chi connectivity index (χ2n) is 8.43. The third-order valence-corrected chi connectivity index (χ3v) is 6.08. The first-order chi connectivity index (χ1) is 15.5. The molecule has 0 fully saturated rings. The van der Waals surface area contributed by atoms with Gasteiger partial charge in [-0.2, -0.15) is 10.2 Å². The molecular weight excluding hydrogens is 400 g/mol. The molecule has 1 aliphatic carbocycles. The zero-order chi connectivity index (χ0) is 22.2. The van der Waals surface area contributed by atoms with Crippen molar-refractivity contribution in [3.05, 3.63) is 88.5 Å². The smallest absolute Gasteiger partial charge is 0.258 e. The summed E-state index contributed by atoms with van der Waals surface area (Å²) in [6.07, 6.45) is 6.59. The van der Waals surface area contributed by atoms with Crippen molar-refractivity contribution in [2.45, 2.75) is 46.1 Å². The summed E-state index contributed by atoms with van der Waals surface area (Å²) in [5, 5.41) is 12.2. The molecule has 1 atom stereocenters. The lowest BCUT2D eigenvalue weighted by atomic mass is 9.88. The van der Waals surface area contributed by atoms with Crippen molar-refractivity contribution in [1.82, 2.24) is 24.5 Å². The Morgan fingerprint density at radius 1 is 1.09 bits per heavy atom. The Balaban J connectivity index is 1.40. The van der Waals surface area contributed by atoms with Gasteiger partial charge >= 0.3 is 0 Å². The van der Waals surface area contributed by atoms with Crippen LogP contribution in [0.25, 0.3) is 5.82 Å². The molecule has 1 N–H and O–H groups in total. The lowest BCUT2D eigenvalue weighted by molar-refractivity contribution is 0.102. The molecule has 3 aromatic heterocycles. The summed E-state index contributed by atoms with van der Waals surface area (Å²) >= 11 is 0. The van der Waals surface area contributed by atoms with Crippen LogP contribution in [-0.2, 0) is 6.42 Å². The second kappa shape index (κ2) is 8.07. The van der Waals surface area contributed by atoms with Crippen LogP contribution in [0.2, 0.25) is 0 Å². The highest BCUT2D eigenvalue weighted by Gasteiger charge is 2.25. The molecule has 1 aliphatic rings. The molecule has 1 unspecified atom stereocenters. The van der Waals surface area contributed by atoms with Gasteiger partial charge in [0.1, 0.15) is 5.82 Å². The number of carbonyl (C=O) groups excluding carboxylic acids is 1. The van der Waals surface area contributed by atoms with Gasteiger partial charge in [-0.1, -0.05) is 24.3 Å². The summed E-state index contributed by atoms with van der Waals surface area (Å²) in [5.41, 5.74) is 6.00. The average molecular weight is 427 g/mol. The molecule has 0 saturated heterocycles. The first-order valence-corrected chi connectivity index (χ1v) is 10.9. The highest BCUT2D eigenvalue weighted by Crippen LogP contribution is 2.35. The highest BCUT2D eigenvalue weighted by atomic mass is 16.1. The lowest BCUT2D eigenvalue weighted by Crippen LogP contribution is -2.23. The van der Waals surface area contributed by atoms with Crippen LogP contribution < -0.4 is 5.32 Å². The third-order valence-electron chi connectivity index (χ3n) is 6.08. The summed E-state index contributed by atoms with van der Waals surface area (Å²) in [7, 11) is 0. The van der Waals surface area contributed by atoms with Crippen molar-refractivity contribution in [1.29, 1.82) is 0 Å². The lowest BCUT2D eigenvalue weighted by Gasteiger charge is -2.27. The molecule has 0 bridgehead atoms. The van der Waals surface area contributed by atoms with Crippen LogP contribution in [0.1, 0.15) is 57.3 Å². The molecule has 0 saturated carbocycles. The van der Waals surface area contributed by atoms with Crippen molar-refractivity contribution >= 4 is 11.7 Å². The van der Waals surface area contributed by atoms with E-state index in [1.54, 1.807) is 16.9 Å². The van der Waals surface area contributed by atoms with Gasteiger partial charge in [0.25, 0.3) is 5.91 Å². The summed E-state index contributed by atoms with van der Waals surface area (Å²) in [4.78, 5) is 17.5. The second-order valence-corrected chi connectivity index (χ2v) is 8.43. The van der Waals surface area contributed by atoms with E-state index in [2.05, 4.69) is 44.8 Å². The molecule has 1 aromatic carbocycles. The SMILES string of the molecule is Cc1cc(C)n(-c2ccc(C(=O)Nc3c(C)cnn3C3CCCc4ccccc43)cn2)n1. The fraction of sp³-hybridized carbons (Fsp3) is 0.280. The van der Waals surface area contributed by atoms with Crippen LogP contribution in [0.4, 0.5) is 5.82 Å². The van der Waals surface area contributed by atoms with Crippen molar-refractivity contribution in [2.24, 2.45) is 0 Å². The van der Waals surface area contributed by atoms with E-state index in [0.717, 1.165) is 42.0 Å². The van der Waals surface area contributed by atoms with Crippen LogP contribution in [-0.4, -0.2) is 30.5 Å². The number of anilines is 1. The Morgan fingerprint density at radius 2 is 1.94 bits per heavy atom. The predicted octanol–water partition coefficient (Wildman–Crippen LogP) is 4.57. The zero-order valence-corrected chi connectivity index (χ0v) is 18.5. The van der Waals surface area contributed by atoms with Crippen LogP contribution >= 0.6 is 0 Å². The molecule has 0 spiro atoms. The molecule has 7 nitrogen and oxygen atoms in total. The van der Waals surface area contributed by atoms with Crippen molar-refractivity contribution in [3.8, 4) is 5.82 Å². The van der Waals surface area contributed by atoms with Crippen LogP contribution in [0, 0.1) is 20.8 Å². The maximum atomic E-state index is 13.0. The molecule has 0 radical (unpaired) electrons. The number of nitrogens with zero attached hydrogens (tertiary/aromatic N) is 5.